The van der Waals surface area contributed by atoms with Crippen molar-refractivity contribution < 1.29 is 9.53 Å². The Balaban J connectivity index is 1.78. The topological polar surface area (TPSA) is 26.3 Å². The van der Waals surface area contributed by atoms with Gasteiger partial charge in [0, 0.05) is 16.2 Å². The average Bonchev–Trinajstić information content (AvgIpc) is 2.97. The van der Waals surface area contributed by atoms with Crippen molar-refractivity contribution in [2.24, 2.45) is 0 Å². The summed E-state index contributed by atoms with van der Waals surface area (Å²) >= 11 is 1.75. The maximum absolute atomic E-state index is 11.5. The highest BCUT2D eigenvalue weighted by molar-refractivity contribution is 7.15. The van der Waals surface area contributed by atoms with Gasteiger partial charge in [-0.1, -0.05) is 49.4 Å². The van der Waals surface area contributed by atoms with Crippen LogP contribution < -0.4 is 0 Å². The number of carbonyl (C=O) groups is 1. The van der Waals surface area contributed by atoms with Crippen molar-refractivity contribution in [3.63, 3.8) is 0 Å². The van der Waals surface area contributed by atoms with Crippen molar-refractivity contribution in [3.05, 3.63) is 59.5 Å². The van der Waals surface area contributed by atoms with Crippen molar-refractivity contribution in [2.45, 2.75) is 26.2 Å². The minimum atomic E-state index is -0.153. The van der Waals surface area contributed by atoms with E-state index in [1.807, 2.05) is 37.3 Å². The molecule has 3 heteroatoms. The number of hydrogen-bond donors (Lipinski definition) is 0. The van der Waals surface area contributed by atoms with Gasteiger partial charge in [-0.05, 0) is 24.1 Å². The molecule has 21 heavy (non-hydrogen) atoms. The Morgan fingerprint density at radius 1 is 1.14 bits per heavy atom. The summed E-state index contributed by atoms with van der Waals surface area (Å²) in [4.78, 5) is 14.0. The summed E-state index contributed by atoms with van der Waals surface area (Å²) in [6.07, 6.45) is 5.94. The van der Waals surface area contributed by atoms with Gasteiger partial charge in [-0.2, -0.15) is 0 Å². The summed E-state index contributed by atoms with van der Waals surface area (Å²) < 4.78 is 5.22. The first-order chi connectivity index (χ1) is 10.3. The van der Waals surface area contributed by atoms with Crippen molar-refractivity contribution in [1.29, 1.82) is 0 Å². The van der Waals surface area contributed by atoms with E-state index in [0.717, 1.165) is 12.8 Å². The van der Waals surface area contributed by atoms with E-state index in [0.29, 0.717) is 13.0 Å². The van der Waals surface area contributed by atoms with Crippen LogP contribution in [0.5, 0.6) is 0 Å². The van der Waals surface area contributed by atoms with E-state index in [1.54, 1.807) is 11.3 Å². The molecular weight excluding hydrogens is 280 g/mol. The quantitative estimate of drug-likeness (QED) is 0.539. The van der Waals surface area contributed by atoms with E-state index >= 15 is 0 Å². The van der Waals surface area contributed by atoms with Gasteiger partial charge in [0.05, 0.1) is 13.0 Å². The van der Waals surface area contributed by atoms with Crippen LogP contribution >= 0.6 is 11.3 Å². The molecule has 1 aromatic heterocycles. The van der Waals surface area contributed by atoms with Crippen LogP contribution in [0.4, 0.5) is 0 Å². The zero-order chi connectivity index (χ0) is 14.9. The molecule has 0 aliphatic heterocycles. The number of esters is 1. The predicted molar refractivity (Wildman–Crippen MR) is 88.5 cm³/mol. The number of rotatable bonds is 7. The second-order valence-electron chi connectivity index (χ2n) is 4.69. The van der Waals surface area contributed by atoms with Crippen LogP contribution in [0.1, 0.15) is 24.6 Å². The van der Waals surface area contributed by atoms with Crippen LogP contribution in [-0.2, 0) is 16.0 Å². The Labute approximate surface area is 130 Å². The fourth-order valence-electron chi connectivity index (χ4n) is 1.94. The summed E-state index contributed by atoms with van der Waals surface area (Å²) in [6, 6.07) is 14.6. The van der Waals surface area contributed by atoms with Gasteiger partial charge in [0.15, 0.2) is 0 Å². The van der Waals surface area contributed by atoms with Gasteiger partial charge in [0.1, 0.15) is 0 Å². The second-order valence-corrected chi connectivity index (χ2v) is 5.85. The standard InChI is InChI=1S/C18H20O2S/c1-2-3-5-10-18(19)20-14-13-16-11-12-17(21-16)15-8-6-4-7-9-15/h3-9,11-12H,2,10,13-14H2,1H3/b5-3-. The predicted octanol–water partition coefficient (Wildman–Crippen LogP) is 4.86. The van der Waals surface area contributed by atoms with E-state index < -0.39 is 0 Å². The third-order valence-corrected chi connectivity index (χ3v) is 4.21. The Bertz CT molecular complexity index is 584. The summed E-state index contributed by atoms with van der Waals surface area (Å²) in [5.74, 6) is -0.153. The molecule has 0 saturated heterocycles. The molecule has 1 heterocycles. The van der Waals surface area contributed by atoms with Crippen molar-refractivity contribution in [3.8, 4) is 10.4 Å². The fraction of sp³-hybridized carbons (Fsp3) is 0.278. The molecular formula is C18H20O2S. The molecule has 0 spiro atoms. The third-order valence-electron chi connectivity index (χ3n) is 3.02. The van der Waals surface area contributed by atoms with Crippen LogP contribution in [0.25, 0.3) is 10.4 Å². The maximum atomic E-state index is 11.5. The lowest BCUT2D eigenvalue weighted by atomic mass is 10.2. The summed E-state index contributed by atoms with van der Waals surface area (Å²) in [6.45, 7) is 2.50. The van der Waals surface area contributed by atoms with Crippen LogP contribution in [0.15, 0.2) is 54.6 Å². The van der Waals surface area contributed by atoms with Gasteiger partial charge in [-0.15, -0.1) is 11.3 Å². The Morgan fingerprint density at radius 3 is 2.71 bits per heavy atom. The van der Waals surface area contributed by atoms with Crippen LogP contribution in [0, 0.1) is 0 Å². The number of benzene rings is 1. The Morgan fingerprint density at radius 2 is 1.95 bits per heavy atom. The van der Waals surface area contributed by atoms with Gasteiger partial charge in [0.25, 0.3) is 0 Å². The SMILES string of the molecule is CC/C=C\CC(=O)OCCc1ccc(-c2ccccc2)s1. The third kappa shape index (κ3) is 5.20. The van der Waals surface area contributed by atoms with E-state index in [1.165, 1.54) is 15.3 Å². The van der Waals surface area contributed by atoms with Crippen molar-refractivity contribution >= 4 is 17.3 Å². The number of carbonyl (C=O) groups excluding carboxylic acids is 1. The zero-order valence-electron chi connectivity index (χ0n) is 12.2. The molecule has 0 fully saturated rings. The smallest absolute Gasteiger partial charge is 0.309 e. The molecule has 0 saturated carbocycles. The minimum Gasteiger partial charge on any atom is -0.465 e. The lowest BCUT2D eigenvalue weighted by Gasteiger charge is -2.01. The van der Waals surface area contributed by atoms with E-state index in [9.17, 15) is 4.79 Å². The fourth-order valence-corrected chi connectivity index (χ4v) is 2.93. The van der Waals surface area contributed by atoms with Crippen molar-refractivity contribution in [1.82, 2.24) is 0 Å². The van der Waals surface area contributed by atoms with Gasteiger partial charge in [-0.3, -0.25) is 4.79 Å². The van der Waals surface area contributed by atoms with Crippen LogP contribution in [0.3, 0.4) is 0 Å². The van der Waals surface area contributed by atoms with Crippen LogP contribution in [0.2, 0.25) is 0 Å². The summed E-state index contributed by atoms with van der Waals surface area (Å²) in [7, 11) is 0. The maximum Gasteiger partial charge on any atom is 0.309 e. The molecule has 2 nitrogen and oxygen atoms in total. The molecule has 0 aliphatic carbocycles. The highest BCUT2D eigenvalue weighted by Gasteiger charge is 2.04. The first-order valence-electron chi connectivity index (χ1n) is 7.24. The lowest BCUT2D eigenvalue weighted by Crippen LogP contribution is -2.05. The monoisotopic (exact) mass is 300 g/mol. The molecule has 0 unspecified atom stereocenters. The molecule has 0 atom stereocenters. The highest BCUT2D eigenvalue weighted by Crippen LogP contribution is 2.28. The molecule has 0 aliphatic rings. The van der Waals surface area contributed by atoms with E-state index in [4.69, 9.17) is 4.74 Å². The molecule has 2 aromatic rings. The van der Waals surface area contributed by atoms with E-state index in [-0.39, 0.29) is 5.97 Å². The molecule has 0 amide bonds. The van der Waals surface area contributed by atoms with Gasteiger partial charge in [-0.25, -0.2) is 0 Å². The number of hydrogen-bond acceptors (Lipinski definition) is 3. The summed E-state index contributed by atoms with van der Waals surface area (Å²) in [5, 5.41) is 0. The second kappa shape index (κ2) is 8.42. The Kier molecular flexibility index (Phi) is 6.22. The first-order valence-corrected chi connectivity index (χ1v) is 8.06. The van der Waals surface area contributed by atoms with E-state index in [2.05, 4.69) is 24.3 Å². The van der Waals surface area contributed by atoms with Gasteiger partial charge in [0.2, 0.25) is 0 Å². The Hall–Kier alpha value is -1.87. The molecule has 1 aromatic carbocycles. The average molecular weight is 300 g/mol. The number of ether oxygens (including phenoxy) is 1. The minimum absolute atomic E-state index is 0.153. The molecule has 2 rings (SSSR count). The molecule has 0 radical (unpaired) electrons. The number of allylic oxidation sites excluding steroid dienone is 1. The normalized spacial score (nSPS) is 10.9. The molecule has 0 N–H and O–H groups in total. The molecule has 0 bridgehead atoms. The number of thiophene rings is 1. The first kappa shape index (κ1) is 15.5. The lowest BCUT2D eigenvalue weighted by molar-refractivity contribution is -0.142. The largest absolute Gasteiger partial charge is 0.465 e. The van der Waals surface area contributed by atoms with Gasteiger partial charge >= 0.3 is 5.97 Å². The zero-order valence-corrected chi connectivity index (χ0v) is 13.1. The highest BCUT2D eigenvalue weighted by atomic mass is 32.1. The summed E-state index contributed by atoms with van der Waals surface area (Å²) in [5.41, 5.74) is 1.23. The molecule has 110 valence electrons. The van der Waals surface area contributed by atoms with Gasteiger partial charge < -0.3 is 4.74 Å². The van der Waals surface area contributed by atoms with Crippen LogP contribution in [-0.4, -0.2) is 12.6 Å². The van der Waals surface area contributed by atoms with Crippen molar-refractivity contribution in [2.75, 3.05) is 6.61 Å².